The minimum Gasteiger partial charge on any atom is -0.377 e. The summed E-state index contributed by atoms with van der Waals surface area (Å²) >= 11 is 5.11. The van der Waals surface area contributed by atoms with Gasteiger partial charge in [0.1, 0.15) is 0 Å². The van der Waals surface area contributed by atoms with Crippen LogP contribution in [0.3, 0.4) is 0 Å². The zero-order chi connectivity index (χ0) is 18.2. The van der Waals surface area contributed by atoms with Crippen molar-refractivity contribution in [2.45, 2.75) is 12.7 Å². The van der Waals surface area contributed by atoms with Crippen LogP contribution in [0.1, 0.15) is 16.7 Å². The number of hydrogen-bond donors (Lipinski definition) is 1. The van der Waals surface area contributed by atoms with Crippen molar-refractivity contribution in [2.75, 3.05) is 24.7 Å². The van der Waals surface area contributed by atoms with Gasteiger partial charge in [0.05, 0.1) is 17.7 Å². The molecule has 0 saturated carbocycles. The molecule has 2 aromatic carbocycles. The number of anilines is 1. The van der Waals surface area contributed by atoms with Crippen molar-refractivity contribution < 1.29 is 4.79 Å². The summed E-state index contributed by atoms with van der Waals surface area (Å²) in [7, 11) is 3.98. The number of amides is 1. The maximum atomic E-state index is 11.8. The predicted octanol–water partition coefficient (Wildman–Crippen LogP) is 4.21. The highest BCUT2D eigenvalue weighted by Crippen LogP contribution is 2.25. The molecule has 0 aliphatic carbocycles. The third kappa shape index (κ3) is 6.55. The van der Waals surface area contributed by atoms with Crippen LogP contribution in [0.2, 0.25) is 0 Å². The van der Waals surface area contributed by atoms with E-state index < -0.39 is 0 Å². The smallest absolute Gasteiger partial charge is 0.250 e. The van der Waals surface area contributed by atoms with Crippen LogP contribution < -0.4 is 10.3 Å². The third-order valence-electron chi connectivity index (χ3n) is 3.48. The highest BCUT2D eigenvalue weighted by atomic mass is 79.9. The number of nitrogens with one attached hydrogen (secondary N) is 1. The molecule has 0 aliphatic heterocycles. The number of benzene rings is 2. The van der Waals surface area contributed by atoms with Gasteiger partial charge in [-0.2, -0.15) is 5.10 Å². The van der Waals surface area contributed by atoms with Crippen LogP contribution in [0.5, 0.6) is 0 Å². The highest BCUT2D eigenvalue weighted by Gasteiger charge is 2.03. The molecule has 0 saturated heterocycles. The van der Waals surface area contributed by atoms with Gasteiger partial charge in [0.25, 0.3) is 0 Å². The first-order valence-corrected chi connectivity index (χ1v) is 9.82. The van der Waals surface area contributed by atoms with Gasteiger partial charge in [-0.1, -0.05) is 35.9 Å². The van der Waals surface area contributed by atoms with E-state index in [4.69, 9.17) is 0 Å². The summed E-state index contributed by atoms with van der Waals surface area (Å²) in [6.45, 7) is 2.06. The van der Waals surface area contributed by atoms with Gasteiger partial charge in [-0.25, -0.2) is 5.43 Å². The van der Waals surface area contributed by atoms with Crippen molar-refractivity contribution >= 4 is 45.5 Å². The third-order valence-corrected chi connectivity index (χ3v) is 5.12. The number of hydrogen-bond acceptors (Lipinski definition) is 4. The average molecular weight is 420 g/mol. The van der Waals surface area contributed by atoms with E-state index in [1.54, 1.807) is 18.0 Å². The molecule has 0 atom stereocenters. The zero-order valence-corrected chi connectivity index (χ0v) is 17.0. The molecule has 0 radical (unpaired) electrons. The van der Waals surface area contributed by atoms with Crippen LogP contribution in [0.15, 0.2) is 52.0 Å². The maximum Gasteiger partial charge on any atom is 0.250 e. The van der Waals surface area contributed by atoms with E-state index in [0.29, 0.717) is 5.75 Å². The summed E-state index contributed by atoms with van der Waals surface area (Å²) in [5.74, 6) is 1.10. The van der Waals surface area contributed by atoms with Crippen molar-refractivity contribution in [3.63, 3.8) is 0 Å². The second-order valence-electron chi connectivity index (χ2n) is 5.88. The van der Waals surface area contributed by atoms with Gasteiger partial charge in [0.15, 0.2) is 0 Å². The summed E-state index contributed by atoms with van der Waals surface area (Å²) in [5.41, 5.74) is 7.04. The van der Waals surface area contributed by atoms with E-state index in [1.165, 1.54) is 11.1 Å². The molecule has 4 nitrogen and oxygen atoms in total. The quantitative estimate of drug-likeness (QED) is 0.539. The van der Waals surface area contributed by atoms with Crippen LogP contribution in [0.25, 0.3) is 0 Å². The van der Waals surface area contributed by atoms with Gasteiger partial charge in [0.2, 0.25) is 5.91 Å². The van der Waals surface area contributed by atoms with Crippen LogP contribution in [-0.2, 0) is 10.5 Å². The Morgan fingerprint density at radius 3 is 2.60 bits per heavy atom. The predicted molar refractivity (Wildman–Crippen MR) is 112 cm³/mol. The fourth-order valence-electron chi connectivity index (χ4n) is 2.12. The van der Waals surface area contributed by atoms with Gasteiger partial charge in [-0.15, -0.1) is 11.8 Å². The van der Waals surface area contributed by atoms with Crippen molar-refractivity contribution in [2.24, 2.45) is 5.10 Å². The molecule has 0 unspecified atom stereocenters. The lowest BCUT2D eigenvalue weighted by atomic mass is 10.2. The van der Waals surface area contributed by atoms with Gasteiger partial charge < -0.3 is 4.90 Å². The normalized spacial score (nSPS) is 10.9. The van der Waals surface area contributed by atoms with Gasteiger partial charge in [0, 0.05) is 24.3 Å². The van der Waals surface area contributed by atoms with Crippen molar-refractivity contribution in [1.29, 1.82) is 0 Å². The molecule has 0 aromatic heterocycles. The number of rotatable bonds is 7. The van der Waals surface area contributed by atoms with E-state index in [0.717, 1.165) is 21.5 Å². The second-order valence-corrected chi connectivity index (χ2v) is 7.72. The summed E-state index contributed by atoms with van der Waals surface area (Å²) in [4.78, 5) is 13.9. The largest absolute Gasteiger partial charge is 0.377 e. The molecule has 1 N–H and O–H groups in total. The van der Waals surface area contributed by atoms with E-state index in [9.17, 15) is 4.79 Å². The SMILES string of the molecule is Cc1ccc(CSCC(=O)N/N=C/c2ccc(N(C)C)c(Br)c2)cc1. The number of nitrogens with zero attached hydrogens (tertiary/aromatic N) is 2. The number of halogens is 1. The Morgan fingerprint density at radius 2 is 1.96 bits per heavy atom. The number of thioether (sulfide) groups is 1. The molecule has 0 bridgehead atoms. The molecule has 2 rings (SSSR count). The first kappa shape index (κ1) is 19.5. The maximum absolute atomic E-state index is 11.8. The Kier molecular flexibility index (Phi) is 7.52. The van der Waals surface area contributed by atoms with E-state index in [1.807, 2.05) is 37.2 Å². The molecule has 0 heterocycles. The number of carbonyl (C=O) groups excluding carboxylic acids is 1. The minimum absolute atomic E-state index is 0.0997. The Balaban J connectivity index is 1.76. The summed E-state index contributed by atoms with van der Waals surface area (Å²) in [6.07, 6.45) is 1.65. The van der Waals surface area contributed by atoms with Crippen molar-refractivity contribution in [3.05, 3.63) is 63.6 Å². The Bertz CT molecular complexity index is 745. The van der Waals surface area contributed by atoms with Gasteiger partial charge in [-0.05, 0) is 46.1 Å². The number of aryl methyl sites for hydroxylation is 1. The Hall–Kier alpha value is -1.79. The monoisotopic (exact) mass is 419 g/mol. The van der Waals surface area contributed by atoms with Crippen LogP contribution >= 0.6 is 27.7 Å². The molecular weight excluding hydrogens is 398 g/mol. The van der Waals surface area contributed by atoms with E-state index in [-0.39, 0.29) is 5.91 Å². The fraction of sp³-hybridized carbons (Fsp3) is 0.263. The summed E-state index contributed by atoms with van der Waals surface area (Å²) in [6, 6.07) is 14.3. The summed E-state index contributed by atoms with van der Waals surface area (Å²) in [5, 5.41) is 4.02. The lowest BCUT2D eigenvalue weighted by molar-refractivity contribution is -0.118. The van der Waals surface area contributed by atoms with Crippen molar-refractivity contribution in [3.8, 4) is 0 Å². The van der Waals surface area contributed by atoms with Gasteiger partial charge in [-0.3, -0.25) is 4.79 Å². The lowest BCUT2D eigenvalue weighted by Crippen LogP contribution is -2.19. The molecule has 0 aliphatic rings. The zero-order valence-electron chi connectivity index (χ0n) is 14.6. The van der Waals surface area contributed by atoms with E-state index >= 15 is 0 Å². The molecule has 2 aromatic rings. The fourth-order valence-corrected chi connectivity index (χ4v) is 3.65. The van der Waals surface area contributed by atoms with Crippen molar-refractivity contribution in [1.82, 2.24) is 5.43 Å². The summed E-state index contributed by atoms with van der Waals surface area (Å²) < 4.78 is 0.987. The van der Waals surface area contributed by atoms with Crippen LogP contribution in [0, 0.1) is 6.92 Å². The lowest BCUT2D eigenvalue weighted by Gasteiger charge is -2.14. The molecule has 6 heteroatoms. The molecule has 0 spiro atoms. The average Bonchev–Trinajstić information content (AvgIpc) is 2.56. The molecular formula is C19H22BrN3OS. The van der Waals surface area contributed by atoms with Crippen LogP contribution in [0.4, 0.5) is 5.69 Å². The minimum atomic E-state index is -0.0997. The van der Waals surface area contributed by atoms with Gasteiger partial charge >= 0.3 is 0 Å². The number of carbonyl (C=O) groups is 1. The Morgan fingerprint density at radius 1 is 1.24 bits per heavy atom. The van der Waals surface area contributed by atoms with Crippen LogP contribution in [-0.4, -0.2) is 32.0 Å². The first-order chi connectivity index (χ1) is 12.0. The molecule has 1 amide bonds. The standard InChI is InChI=1S/C19H22BrN3OS/c1-14-4-6-15(7-5-14)12-25-13-19(24)22-21-11-16-8-9-18(23(2)3)17(20)10-16/h4-11H,12-13H2,1-3H3,(H,22,24)/b21-11+. The molecule has 132 valence electrons. The molecule has 25 heavy (non-hydrogen) atoms. The second kappa shape index (κ2) is 9.63. The number of hydrazone groups is 1. The topological polar surface area (TPSA) is 44.7 Å². The first-order valence-electron chi connectivity index (χ1n) is 7.88. The highest BCUT2D eigenvalue weighted by molar-refractivity contribution is 9.10. The Labute approximate surface area is 161 Å². The van der Waals surface area contributed by atoms with E-state index in [2.05, 4.69) is 57.6 Å². The molecule has 0 fully saturated rings.